The van der Waals surface area contributed by atoms with E-state index in [1.807, 2.05) is 6.07 Å². The normalized spacial score (nSPS) is 12.6. The Morgan fingerprint density at radius 1 is 1.39 bits per heavy atom. The largest absolute Gasteiger partial charge is 0.416 e. The lowest BCUT2D eigenvalue weighted by Crippen LogP contribution is -2.25. The van der Waals surface area contributed by atoms with Crippen LogP contribution in [-0.4, -0.2) is 5.91 Å². The van der Waals surface area contributed by atoms with Crippen LogP contribution in [0.4, 0.5) is 13.2 Å². The molecule has 0 heterocycles. The van der Waals surface area contributed by atoms with Crippen LogP contribution in [0.5, 0.6) is 0 Å². The molecule has 6 heteroatoms. The number of alkyl halides is 3. The molecule has 0 aromatic heterocycles. The van der Waals surface area contributed by atoms with Crippen molar-refractivity contribution in [2.24, 2.45) is 0 Å². The summed E-state index contributed by atoms with van der Waals surface area (Å²) in [6, 6.07) is 5.68. The van der Waals surface area contributed by atoms with E-state index in [2.05, 4.69) is 5.32 Å². The second kappa shape index (κ2) is 5.54. The molecule has 0 aliphatic carbocycles. The number of nitrogens with one attached hydrogen (secondary N) is 1. The van der Waals surface area contributed by atoms with E-state index in [1.165, 1.54) is 19.1 Å². The van der Waals surface area contributed by atoms with Crippen LogP contribution in [0, 0.1) is 11.3 Å². The van der Waals surface area contributed by atoms with Crippen molar-refractivity contribution < 1.29 is 18.0 Å². The third-order valence-corrected chi connectivity index (χ3v) is 2.31. The average molecular weight is 256 g/mol. The fourth-order valence-electron chi connectivity index (χ4n) is 1.49. The van der Waals surface area contributed by atoms with Gasteiger partial charge in [0.25, 0.3) is 0 Å². The van der Waals surface area contributed by atoms with E-state index >= 15 is 0 Å². The molecule has 0 saturated heterocycles. The predicted octanol–water partition coefficient (Wildman–Crippen LogP) is 2.80. The molecule has 0 aliphatic rings. The third-order valence-electron chi connectivity index (χ3n) is 2.31. The highest BCUT2D eigenvalue weighted by molar-refractivity contribution is 5.73. The van der Waals surface area contributed by atoms with Crippen LogP contribution in [0.2, 0.25) is 0 Å². The second-order valence-corrected chi connectivity index (χ2v) is 3.74. The molecular formula is C12H11F3N2O. The van der Waals surface area contributed by atoms with Gasteiger partial charge in [-0.25, -0.2) is 0 Å². The highest BCUT2D eigenvalue weighted by Crippen LogP contribution is 2.30. The van der Waals surface area contributed by atoms with Gasteiger partial charge < -0.3 is 5.32 Å². The second-order valence-electron chi connectivity index (χ2n) is 3.74. The van der Waals surface area contributed by atoms with E-state index in [1.54, 1.807) is 0 Å². The Morgan fingerprint density at radius 2 is 1.94 bits per heavy atom. The minimum Gasteiger partial charge on any atom is -0.348 e. The topological polar surface area (TPSA) is 52.9 Å². The van der Waals surface area contributed by atoms with Gasteiger partial charge in [-0.2, -0.15) is 18.4 Å². The van der Waals surface area contributed by atoms with Gasteiger partial charge in [-0.05, 0) is 17.7 Å². The molecule has 1 aromatic carbocycles. The molecule has 1 amide bonds. The quantitative estimate of drug-likeness (QED) is 0.904. The fraction of sp³-hybridized carbons (Fsp3) is 0.333. The van der Waals surface area contributed by atoms with Crippen molar-refractivity contribution in [3.8, 4) is 6.07 Å². The molecule has 1 aromatic rings. The summed E-state index contributed by atoms with van der Waals surface area (Å²) in [7, 11) is 0. The van der Waals surface area contributed by atoms with Gasteiger partial charge in [0, 0.05) is 6.92 Å². The molecule has 1 rings (SSSR count). The highest BCUT2D eigenvalue weighted by atomic mass is 19.4. The third kappa shape index (κ3) is 3.77. The first-order chi connectivity index (χ1) is 8.34. The molecule has 0 fully saturated rings. The predicted molar refractivity (Wildman–Crippen MR) is 58.2 cm³/mol. The number of amides is 1. The van der Waals surface area contributed by atoms with Crippen LogP contribution in [-0.2, 0) is 11.0 Å². The lowest BCUT2D eigenvalue weighted by atomic mass is 10.0. The number of halogens is 3. The zero-order chi connectivity index (χ0) is 13.8. The molecule has 0 aliphatic heterocycles. The fourth-order valence-corrected chi connectivity index (χ4v) is 1.49. The Bertz CT molecular complexity index is 460. The van der Waals surface area contributed by atoms with Gasteiger partial charge in [0.15, 0.2) is 0 Å². The maximum atomic E-state index is 12.4. The number of nitrogens with zero attached hydrogens (tertiary/aromatic N) is 1. The Balaban J connectivity index is 2.94. The van der Waals surface area contributed by atoms with Crippen molar-refractivity contribution in [2.75, 3.05) is 0 Å². The van der Waals surface area contributed by atoms with Crippen molar-refractivity contribution in [3.05, 3.63) is 35.4 Å². The molecule has 0 saturated carbocycles. The highest BCUT2D eigenvalue weighted by Gasteiger charge is 2.30. The van der Waals surface area contributed by atoms with Crippen LogP contribution >= 0.6 is 0 Å². The zero-order valence-corrected chi connectivity index (χ0v) is 9.58. The molecule has 0 spiro atoms. The van der Waals surface area contributed by atoms with E-state index < -0.39 is 17.8 Å². The molecule has 96 valence electrons. The Morgan fingerprint density at radius 3 is 2.33 bits per heavy atom. The number of hydrogen-bond donors (Lipinski definition) is 1. The van der Waals surface area contributed by atoms with Crippen LogP contribution in [0.25, 0.3) is 0 Å². The van der Waals surface area contributed by atoms with E-state index in [-0.39, 0.29) is 12.3 Å². The number of nitriles is 1. The van der Waals surface area contributed by atoms with Crippen molar-refractivity contribution in [1.82, 2.24) is 5.32 Å². The van der Waals surface area contributed by atoms with Gasteiger partial charge in [-0.1, -0.05) is 12.1 Å². The van der Waals surface area contributed by atoms with Gasteiger partial charge in [-0.3, -0.25) is 4.79 Å². The van der Waals surface area contributed by atoms with E-state index in [0.717, 1.165) is 12.1 Å². The summed E-state index contributed by atoms with van der Waals surface area (Å²) >= 11 is 0. The van der Waals surface area contributed by atoms with E-state index in [0.29, 0.717) is 5.56 Å². The van der Waals surface area contributed by atoms with Crippen molar-refractivity contribution in [1.29, 1.82) is 5.26 Å². The van der Waals surface area contributed by atoms with Gasteiger partial charge in [0.2, 0.25) is 5.91 Å². The lowest BCUT2D eigenvalue weighted by molar-refractivity contribution is -0.137. The van der Waals surface area contributed by atoms with E-state index in [9.17, 15) is 18.0 Å². The maximum absolute atomic E-state index is 12.4. The van der Waals surface area contributed by atoms with Gasteiger partial charge >= 0.3 is 6.18 Å². The number of carbonyl (C=O) groups is 1. The molecule has 0 radical (unpaired) electrons. The smallest absolute Gasteiger partial charge is 0.348 e. The van der Waals surface area contributed by atoms with Crippen LogP contribution in [0.15, 0.2) is 24.3 Å². The standard InChI is InChI=1S/C12H11F3N2O/c1-8(18)17-11(6-7-16)9-2-4-10(5-3-9)12(13,14)15/h2-5,11H,6H2,1H3,(H,17,18). The number of benzene rings is 1. The molecule has 3 nitrogen and oxygen atoms in total. The summed E-state index contributed by atoms with van der Waals surface area (Å²) in [6.45, 7) is 1.29. The summed E-state index contributed by atoms with van der Waals surface area (Å²) in [5.74, 6) is -0.338. The Hall–Kier alpha value is -2.03. The maximum Gasteiger partial charge on any atom is 0.416 e. The van der Waals surface area contributed by atoms with Crippen molar-refractivity contribution >= 4 is 5.91 Å². The van der Waals surface area contributed by atoms with Crippen molar-refractivity contribution in [2.45, 2.75) is 25.6 Å². The molecule has 1 unspecified atom stereocenters. The SMILES string of the molecule is CC(=O)NC(CC#N)c1ccc(C(F)(F)F)cc1. The number of hydrogen-bond acceptors (Lipinski definition) is 2. The number of rotatable bonds is 3. The van der Waals surface area contributed by atoms with Gasteiger partial charge in [-0.15, -0.1) is 0 Å². The first kappa shape index (κ1) is 14.0. The van der Waals surface area contributed by atoms with Gasteiger partial charge in [0.1, 0.15) is 0 Å². The summed E-state index contributed by atoms with van der Waals surface area (Å²) in [4.78, 5) is 10.9. The lowest BCUT2D eigenvalue weighted by Gasteiger charge is -2.16. The minimum atomic E-state index is -4.39. The number of carbonyl (C=O) groups excluding carboxylic acids is 1. The molecule has 0 bridgehead atoms. The van der Waals surface area contributed by atoms with Gasteiger partial charge in [0.05, 0.1) is 24.1 Å². The van der Waals surface area contributed by atoms with Crippen LogP contribution < -0.4 is 5.32 Å². The molecule has 18 heavy (non-hydrogen) atoms. The summed E-state index contributed by atoms with van der Waals surface area (Å²) in [6.07, 6.45) is -4.39. The van der Waals surface area contributed by atoms with E-state index in [4.69, 9.17) is 5.26 Å². The summed E-state index contributed by atoms with van der Waals surface area (Å²) < 4.78 is 37.1. The molecule has 1 N–H and O–H groups in total. The molecule has 1 atom stereocenters. The Labute approximate surface area is 102 Å². The van der Waals surface area contributed by atoms with Crippen LogP contribution in [0.1, 0.15) is 30.5 Å². The van der Waals surface area contributed by atoms with Crippen molar-refractivity contribution in [3.63, 3.8) is 0 Å². The van der Waals surface area contributed by atoms with Crippen LogP contribution in [0.3, 0.4) is 0 Å². The monoisotopic (exact) mass is 256 g/mol. The first-order valence-electron chi connectivity index (χ1n) is 5.16. The average Bonchev–Trinajstić information content (AvgIpc) is 2.27. The summed E-state index contributed by atoms with van der Waals surface area (Å²) in [5.41, 5.74) is -0.287. The first-order valence-corrected chi connectivity index (χ1v) is 5.16. The Kier molecular flexibility index (Phi) is 4.32. The zero-order valence-electron chi connectivity index (χ0n) is 9.58. The summed E-state index contributed by atoms with van der Waals surface area (Å²) in [5, 5.41) is 11.1. The minimum absolute atomic E-state index is 0.00491. The molecular weight excluding hydrogens is 245 g/mol.